The SMILES string of the molecule is Cc1c2c(c(C)c3ccccc13)N(C)c1cc(C34CC5CC(CC(C5)C3)C4)cc3nc[n+](C)c-2c13. The second-order valence-corrected chi connectivity index (χ2v) is 12.4. The van der Waals surface area contributed by atoms with E-state index in [-0.39, 0.29) is 0 Å². The van der Waals surface area contributed by atoms with Crippen molar-refractivity contribution in [3.63, 3.8) is 0 Å². The van der Waals surface area contributed by atoms with Gasteiger partial charge < -0.3 is 4.90 Å². The van der Waals surface area contributed by atoms with Gasteiger partial charge in [0.1, 0.15) is 5.69 Å². The zero-order valence-corrected chi connectivity index (χ0v) is 21.4. The summed E-state index contributed by atoms with van der Waals surface area (Å²) < 4.78 is 2.25. The van der Waals surface area contributed by atoms with E-state index in [1.165, 1.54) is 94.0 Å². The van der Waals surface area contributed by atoms with Gasteiger partial charge in [-0.3, -0.25) is 0 Å². The Labute approximate surface area is 207 Å². The van der Waals surface area contributed by atoms with Gasteiger partial charge in [0.05, 0.1) is 23.8 Å². The second kappa shape index (κ2) is 6.63. The van der Waals surface area contributed by atoms with Crippen LogP contribution in [0.3, 0.4) is 0 Å². The monoisotopic (exact) mass is 460 g/mol. The number of nitrogens with zero attached hydrogens (tertiary/aromatic N) is 3. The molecule has 1 aromatic heterocycles. The molecule has 2 heterocycles. The van der Waals surface area contributed by atoms with E-state index in [1.54, 1.807) is 5.56 Å². The van der Waals surface area contributed by atoms with E-state index in [1.807, 2.05) is 6.33 Å². The van der Waals surface area contributed by atoms with Gasteiger partial charge in [0.15, 0.2) is 5.52 Å². The Balaban J connectivity index is 1.44. The van der Waals surface area contributed by atoms with Gasteiger partial charge in [-0.25, -0.2) is 4.57 Å². The van der Waals surface area contributed by atoms with Crippen molar-refractivity contribution >= 4 is 33.1 Å². The van der Waals surface area contributed by atoms with Gasteiger partial charge >= 0.3 is 0 Å². The predicted molar refractivity (Wildman–Crippen MR) is 143 cm³/mol. The number of hydrogen-bond donors (Lipinski definition) is 0. The fourth-order valence-corrected chi connectivity index (χ4v) is 9.27. The minimum Gasteiger partial charge on any atom is -0.343 e. The number of hydrogen-bond acceptors (Lipinski definition) is 2. The summed E-state index contributed by atoms with van der Waals surface area (Å²) in [5, 5.41) is 4.04. The Hall–Kier alpha value is -2.94. The summed E-state index contributed by atoms with van der Waals surface area (Å²) in [5.74, 6) is 2.83. The topological polar surface area (TPSA) is 20.0 Å². The average Bonchev–Trinajstić information content (AvgIpc) is 2.84. The van der Waals surface area contributed by atoms with E-state index >= 15 is 0 Å². The molecule has 5 aliphatic rings. The number of aryl methyl sites for hydroxylation is 3. The van der Waals surface area contributed by atoms with E-state index in [4.69, 9.17) is 4.98 Å². The molecule has 0 amide bonds. The molecule has 3 heteroatoms. The lowest BCUT2D eigenvalue weighted by Crippen LogP contribution is -2.48. The average molecular weight is 461 g/mol. The highest BCUT2D eigenvalue weighted by molar-refractivity contribution is 6.13. The van der Waals surface area contributed by atoms with Crippen LogP contribution in [0.1, 0.15) is 55.2 Å². The van der Waals surface area contributed by atoms with Gasteiger partial charge in [-0.05, 0) is 120 Å². The van der Waals surface area contributed by atoms with E-state index in [9.17, 15) is 0 Å². The molecule has 4 aliphatic carbocycles. The molecule has 1 aliphatic heterocycles. The predicted octanol–water partition coefficient (Wildman–Crippen LogP) is 7.05. The Kier molecular flexibility index (Phi) is 3.84. The Morgan fingerprint density at radius 2 is 1.54 bits per heavy atom. The molecular formula is C32H34N3+. The third-order valence-electron chi connectivity index (χ3n) is 10.3. The largest absolute Gasteiger partial charge is 0.343 e. The van der Waals surface area contributed by atoms with Crippen LogP contribution in [0.25, 0.3) is 32.9 Å². The summed E-state index contributed by atoms with van der Waals surface area (Å²) in [6.07, 6.45) is 10.7. The zero-order valence-electron chi connectivity index (χ0n) is 21.4. The number of fused-ring (bicyclic) bond motifs is 3. The Bertz CT molecular complexity index is 1540. The molecule has 9 rings (SSSR count). The van der Waals surface area contributed by atoms with Crippen LogP contribution in [-0.2, 0) is 12.5 Å². The lowest BCUT2D eigenvalue weighted by Gasteiger charge is -2.57. The first-order valence-electron chi connectivity index (χ1n) is 13.5. The lowest BCUT2D eigenvalue weighted by molar-refractivity contribution is -0.662. The molecule has 0 saturated heterocycles. The summed E-state index contributed by atoms with van der Waals surface area (Å²) in [5.41, 5.74) is 11.2. The molecule has 0 N–H and O–H groups in total. The van der Waals surface area contributed by atoms with Crippen molar-refractivity contribution < 1.29 is 4.57 Å². The molecule has 0 spiro atoms. The fraction of sp³-hybridized carbons (Fsp3) is 0.438. The van der Waals surface area contributed by atoms with Crippen molar-refractivity contribution in [2.75, 3.05) is 11.9 Å². The van der Waals surface area contributed by atoms with Crippen molar-refractivity contribution in [1.82, 2.24) is 4.98 Å². The molecule has 176 valence electrons. The van der Waals surface area contributed by atoms with Gasteiger partial charge in [-0.1, -0.05) is 24.3 Å². The molecule has 3 aromatic carbocycles. The highest BCUT2D eigenvalue weighted by atomic mass is 15.1. The first kappa shape index (κ1) is 20.3. The molecule has 0 unspecified atom stereocenters. The minimum atomic E-state index is 0.370. The molecule has 0 radical (unpaired) electrons. The van der Waals surface area contributed by atoms with Gasteiger partial charge in [0.25, 0.3) is 6.33 Å². The van der Waals surface area contributed by atoms with Crippen molar-refractivity contribution in [3.05, 3.63) is 59.4 Å². The fourth-order valence-electron chi connectivity index (χ4n) is 9.27. The summed E-state index contributed by atoms with van der Waals surface area (Å²) >= 11 is 0. The highest BCUT2D eigenvalue weighted by Crippen LogP contribution is 2.62. The third-order valence-corrected chi connectivity index (χ3v) is 10.3. The molecule has 35 heavy (non-hydrogen) atoms. The number of anilines is 2. The highest BCUT2D eigenvalue weighted by Gasteiger charge is 2.52. The Morgan fingerprint density at radius 1 is 0.914 bits per heavy atom. The standard InChI is InChI=1S/C32H34N3/c1-18-24-7-5-6-8-25(24)19(2)30-28(18)31-29-26(33-17-34(31)3)12-23(13-27(29)35(30)4)32-14-20-9-21(15-32)11-22(10-20)16-32/h5-8,12-13,17,20-22H,9-11,14-16H2,1-4H3/q+1. The zero-order chi connectivity index (χ0) is 23.6. The molecule has 4 bridgehead atoms. The number of aromatic nitrogens is 2. The quantitative estimate of drug-likeness (QED) is 0.284. The summed E-state index contributed by atoms with van der Waals surface area (Å²) in [6.45, 7) is 4.61. The molecule has 4 saturated carbocycles. The van der Waals surface area contributed by atoms with Crippen molar-refractivity contribution in [2.24, 2.45) is 24.8 Å². The molecule has 4 aromatic rings. The first-order valence-corrected chi connectivity index (χ1v) is 13.5. The summed E-state index contributed by atoms with van der Waals surface area (Å²) in [7, 11) is 4.45. The summed E-state index contributed by atoms with van der Waals surface area (Å²) in [4.78, 5) is 7.52. The van der Waals surface area contributed by atoms with Crippen LogP contribution in [0.5, 0.6) is 0 Å². The molecule has 4 fully saturated rings. The minimum absolute atomic E-state index is 0.370. The van der Waals surface area contributed by atoms with Gasteiger partial charge in [0.2, 0.25) is 0 Å². The van der Waals surface area contributed by atoms with Crippen LogP contribution in [0.15, 0.2) is 42.7 Å². The second-order valence-electron chi connectivity index (χ2n) is 12.4. The summed E-state index contributed by atoms with van der Waals surface area (Å²) in [6, 6.07) is 14.0. The maximum absolute atomic E-state index is 5.03. The van der Waals surface area contributed by atoms with E-state index < -0.39 is 0 Å². The van der Waals surface area contributed by atoms with Crippen molar-refractivity contribution in [3.8, 4) is 11.3 Å². The van der Waals surface area contributed by atoms with Gasteiger partial charge in [0, 0.05) is 12.6 Å². The third kappa shape index (κ3) is 2.52. The van der Waals surface area contributed by atoms with Crippen LogP contribution in [0.4, 0.5) is 11.4 Å². The molecule has 3 nitrogen and oxygen atoms in total. The maximum Gasteiger partial charge on any atom is 0.287 e. The Morgan fingerprint density at radius 3 is 2.20 bits per heavy atom. The van der Waals surface area contributed by atoms with Crippen LogP contribution < -0.4 is 9.47 Å². The van der Waals surface area contributed by atoms with Crippen molar-refractivity contribution in [2.45, 2.75) is 57.8 Å². The van der Waals surface area contributed by atoms with Crippen LogP contribution in [-0.4, -0.2) is 12.0 Å². The first-order chi connectivity index (χ1) is 16.9. The van der Waals surface area contributed by atoms with E-state index in [0.29, 0.717) is 5.41 Å². The van der Waals surface area contributed by atoms with Gasteiger partial charge in [-0.2, -0.15) is 0 Å². The van der Waals surface area contributed by atoms with Gasteiger partial charge in [-0.15, -0.1) is 0 Å². The van der Waals surface area contributed by atoms with E-state index in [2.05, 4.69) is 73.8 Å². The van der Waals surface area contributed by atoms with Crippen LogP contribution in [0, 0.1) is 31.6 Å². The molecular weight excluding hydrogens is 426 g/mol. The van der Waals surface area contributed by atoms with E-state index in [0.717, 1.165) is 17.8 Å². The van der Waals surface area contributed by atoms with Crippen LogP contribution >= 0.6 is 0 Å². The number of benzene rings is 3. The maximum atomic E-state index is 5.03. The van der Waals surface area contributed by atoms with Crippen LogP contribution in [0.2, 0.25) is 0 Å². The molecule has 0 atom stereocenters. The normalized spacial score (nSPS) is 28.2. The van der Waals surface area contributed by atoms with Crippen molar-refractivity contribution in [1.29, 1.82) is 0 Å². The number of rotatable bonds is 1. The lowest BCUT2D eigenvalue weighted by atomic mass is 9.48. The smallest absolute Gasteiger partial charge is 0.287 e.